The quantitative estimate of drug-likeness (QED) is 0.0904. The number of ketones is 1. The van der Waals surface area contributed by atoms with E-state index in [1.54, 1.807) is 39.2 Å². The lowest BCUT2D eigenvalue weighted by atomic mass is 10.1. The highest BCUT2D eigenvalue weighted by Crippen LogP contribution is 2.42. The number of aromatic nitrogens is 4. The van der Waals surface area contributed by atoms with Gasteiger partial charge in [0, 0.05) is 36.5 Å². The van der Waals surface area contributed by atoms with Gasteiger partial charge in [-0.25, -0.2) is 19.7 Å². The lowest BCUT2D eigenvalue weighted by Crippen LogP contribution is -2.45. The molecule has 1 aliphatic rings. The molecule has 1 aliphatic heterocycles. The van der Waals surface area contributed by atoms with Crippen LogP contribution < -0.4 is 4.90 Å². The predicted molar refractivity (Wildman–Crippen MR) is 189 cm³/mol. The maximum Gasteiger partial charge on any atom is 0.416 e. The Hall–Kier alpha value is -4.19. The van der Waals surface area contributed by atoms with E-state index in [2.05, 4.69) is 67.6 Å². The van der Waals surface area contributed by atoms with Gasteiger partial charge in [-0.2, -0.15) is 0 Å². The number of ether oxygens (including phenoxy) is 2. The van der Waals surface area contributed by atoms with Gasteiger partial charge in [-0.3, -0.25) is 24.4 Å². The van der Waals surface area contributed by atoms with Crippen LogP contribution in [0, 0.1) is 22.0 Å². The fourth-order valence-corrected chi connectivity index (χ4v) is 6.58. The van der Waals surface area contributed by atoms with E-state index in [-0.39, 0.29) is 46.6 Å². The minimum atomic E-state index is -2.08. The number of anilines is 1. The zero-order valence-electron chi connectivity index (χ0n) is 30.2. The van der Waals surface area contributed by atoms with E-state index < -0.39 is 31.2 Å². The molecule has 3 aromatic rings. The molecule has 1 fully saturated rings. The van der Waals surface area contributed by atoms with E-state index >= 15 is 0 Å². The molecule has 1 saturated heterocycles. The number of carbonyl (C=O) groups excluding carboxylic acids is 2. The van der Waals surface area contributed by atoms with Gasteiger partial charge in [0.2, 0.25) is 0 Å². The first kappa shape index (κ1) is 37.6. The monoisotopic (exact) mass is 692 g/mol. The second kappa shape index (κ2) is 14.7. The van der Waals surface area contributed by atoms with Crippen LogP contribution in [0.2, 0.25) is 18.1 Å². The molecule has 3 atom stereocenters. The topological polar surface area (TPSA) is 152 Å². The molecule has 1 unspecified atom stereocenters. The van der Waals surface area contributed by atoms with Crippen LogP contribution >= 0.6 is 0 Å². The van der Waals surface area contributed by atoms with E-state index in [9.17, 15) is 19.7 Å². The van der Waals surface area contributed by atoms with Gasteiger partial charge in [0.1, 0.15) is 23.9 Å². The molecule has 49 heavy (non-hydrogen) atoms. The zero-order valence-corrected chi connectivity index (χ0v) is 31.2. The van der Waals surface area contributed by atoms with Crippen LogP contribution in [0.4, 0.5) is 16.3 Å². The molecular weight excluding hydrogens is 645 g/mol. The lowest BCUT2D eigenvalue weighted by Gasteiger charge is -2.39. The highest BCUT2D eigenvalue weighted by molar-refractivity contribution is 6.74. The van der Waals surface area contributed by atoms with Crippen LogP contribution in [0.15, 0.2) is 30.9 Å². The summed E-state index contributed by atoms with van der Waals surface area (Å²) in [5, 5.41) is 12.2. The molecule has 1 aromatic carbocycles. The highest BCUT2D eigenvalue weighted by Gasteiger charge is 2.45. The molecule has 1 amide bonds. The number of benzene rings is 1. The third-order valence-corrected chi connectivity index (χ3v) is 13.3. The van der Waals surface area contributed by atoms with Crippen LogP contribution in [-0.4, -0.2) is 62.4 Å². The van der Waals surface area contributed by atoms with Crippen molar-refractivity contribution in [3.63, 3.8) is 0 Å². The van der Waals surface area contributed by atoms with Gasteiger partial charge in [0.05, 0.1) is 30.0 Å². The van der Waals surface area contributed by atoms with Gasteiger partial charge in [-0.1, -0.05) is 39.5 Å². The largest absolute Gasteiger partial charge is 0.443 e. The van der Waals surface area contributed by atoms with Crippen molar-refractivity contribution in [2.45, 2.75) is 130 Å². The summed E-state index contributed by atoms with van der Waals surface area (Å²) < 4.78 is 20.9. The Balaban J connectivity index is 1.71. The van der Waals surface area contributed by atoms with Crippen LogP contribution in [-0.2, 0) is 25.2 Å². The third kappa shape index (κ3) is 9.08. The normalized spacial score (nSPS) is 18.2. The lowest BCUT2D eigenvalue weighted by molar-refractivity contribution is -0.385. The zero-order chi connectivity index (χ0) is 36.3. The molecule has 2 aromatic heterocycles. The van der Waals surface area contributed by atoms with E-state index in [0.717, 1.165) is 6.42 Å². The second-order valence-electron chi connectivity index (χ2n) is 14.9. The maximum absolute atomic E-state index is 13.7. The summed E-state index contributed by atoms with van der Waals surface area (Å²) in [7, 11) is -2.08. The standard InChI is InChI=1S/C35H48N6O7Si/c1-11-27-28(48-49(9,10)35(6,7)8)19-29(46-27)40-22-38-30-31(36-21-37-32(30)40)39(33(43)47-34(3,4)5)20-25-17-16-24(18-26(25)41(44)45)15-13-12-14-23(2)42/h16-18,21-22,27-29H,11-12,14,19-20H2,1-10H3/t27-,28?,29-/m1/s1. The van der Waals surface area contributed by atoms with Crippen molar-refractivity contribution in [1.82, 2.24) is 19.5 Å². The van der Waals surface area contributed by atoms with Crippen LogP contribution in [0.25, 0.3) is 11.2 Å². The van der Waals surface area contributed by atoms with Crippen molar-refractivity contribution < 1.29 is 28.4 Å². The summed E-state index contributed by atoms with van der Waals surface area (Å²) in [6.45, 7) is 19.6. The number of amides is 1. The molecule has 0 radical (unpaired) electrons. The average molecular weight is 693 g/mol. The number of hydrogen-bond acceptors (Lipinski definition) is 10. The summed E-state index contributed by atoms with van der Waals surface area (Å²) in [6.07, 6.45) is 3.60. The molecular formula is C35H48N6O7Si. The van der Waals surface area contributed by atoms with Gasteiger partial charge in [-0.15, -0.1) is 0 Å². The first-order chi connectivity index (χ1) is 22.8. The molecule has 0 saturated carbocycles. The maximum atomic E-state index is 13.7. The molecule has 0 bridgehead atoms. The molecule has 0 spiro atoms. The number of hydrogen-bond donors (Lipinski definition) is 0. The van der Waals surface area contributed by atoms with Crippen molar-refractivity contribution in [2.75, 3.05) is 4.90 Å². The predicted octanol–water partition coefficient (Wildman–Crippen LogP) is 7.48. The van der Waals surface area contributed by atoms with Crippen LogP contribution in [0.1, 0.15) is 98.4 Å². The fraction of sp³-hybridized carbons (Fsp3) is 0.571. The molecule has 3 heterocycles. The number of rotatable bonds is 10. The Bertz CT molecular complexity index is 1770. The summed E-state index contributed by atoms with van der Waals surface area (Å²) in [5.41, 5.74) is 0.334. The van der Waals surface area contributed by atoms with E-state index in [1.807, 2.05) is 4.57 Å². The second-order valence-corrected chi connectivity index (χ2v) is 19.6. The Morgan fingerprint density at radius 1 is 1.16 bits per heavy atom. The van der Waals surface area contributed by atoms with Crippen LogP contribution in [0.5, 0.6) is 0 Å². The number of Topliss-reactive ketones (excluding diaryl/α,β-unsaturated/α-hetero) is 1. The number of nitrogens with zero attached hydrogens (tertiary/aromatic N) is 6. The third-order valence-electron chi connectivity index (χ3n) is 8.80. The molecule has 4 rings (SSSR count). The molecule has 0 N–H and O–H groups in total. The van der Waals surface area contributed by atoms with E-state index in [4.69, 9.17) is 13.9 Å². The highest BCUT2D eigenvalue weighted by atomic mass is 28.4. The van der Waals surface area contributed by atoms with Gasteiger partial charge < -0.3 is 13.9 Å². The average Bonchev–Trinajstić information content (AvgIpc) is 3.60. The first-order valence-electron chi connectivity index (χ1n) is 16.6. The molecule has 14 heteroatoms. The number of imidazole rings is 1. The summed E-state index contributed by atoms with van der Waals surface area (Å²) >= 11 is 0. The van der Waals surface area contributed by atoms with Gasteiger partial charge in [0.15, 0.2) is 25.3 Å². The Kier molecular flexibility index (Phi) is 11.3. The van der Waals surface area contributed by atoms with Gasteiger partial charge in [-0.05, 0) is 64.4 Å². The molecule has 0 aliphatic carbocycles. The van der Waals surface area contributed by atoms with Crippen molar-refractivity contribution in [3.8, 4) is 11.8 Å². The number of nitro groups is 1. The Morgan fingerprint density at radius 3 is 2.49 bits per heavy atom. The van der Waals surface area contributed by atoms with Gasteiger partial charge in [0.25, 0.3) is 5.69 Å². The minimum Gasteiger partial charge on any atom is -0.443 e. The van der Waals surface area contributed by atoms with Crippen molar-refractivity contribution in [2.24, 2.45) is 0 Å². The Labute approximate surface area is 289 Å². The Morgan fingerprint density at radius 2 is 1.88 bits per heavy atom. The summed E-state index contributed by atoms with van der Waals surface area (Å²) in [4.78, 5) is 51.5. The number of carbonyl (C=O) groups is 2. The first-order valence-corrected chi connectivity index (χ1v) is 19.5. The van der Waals surface area contributed by atoms with Crippen molar-refractivity contribution in [3.05, 3.63) is 52.1 Å². The van der Waals surface area contributed by atoms with E-state index in [1.165, 1.54) is 24.2 Å². The van der Waals surface area contributed by atoms with Crippen molar-refractivity contribution in [1.29, 1.82) is 0 Å². The summed E-state index contributed by atoms with van der Waals surface area (Å²) in [5.74, 6) is 5.91. The fourth-order valence-electron chi connectivity index (χ4n) is 5.22. The SMILES string of the molecule is CC[C@H]1O[C@@H](n2cnc3c(N(Cc4ccc(C#CCCC(C)=O)cc4[N+](=O)[O-])C(=O)OC(C)(C)C)ncnc32)CC1O[Si](C)(C)C(C)(C)C. The number of nitro benzene ring substituents is 1. The minimum absolute atomic E-state index is 0.0160. The van der Waals surface area contributed by atoms with Gasteiger partial charge >= 0.3 is 6.09 Å². The summed E-state index contributed by atoms with van der Waals surface area (Å²) in [6, 6.07) is 4.56. The van der Waals surface area contributed by atoms with Crippen LogP contribution in [0.3, 0.4) is 0 Å². The smallest absolute Gasteiger partial charge is 0.416 e. The molecule has 264 valence electrons. The molecule has 13 nitrogen and oxygen atoms in total. The number of fused-ring (bicyclic) bond motifs is 1. The van der Waals surface area contributed by atoms with E-state index in [0.29, 0.717) is 36.0 Å². The van der Waals surface area contributed by atoms with Crippen molar-refractivity contribution >= 4 is 42.9 Å².